The quantitative estimate of drug-likeness (QED) is 0.512. The van der Waals surface area contributed by atoms with E-state index in [0.29, 0.717) is 23.0 Å². The molecule has 8 nitrogen and oxygen atoms in total. The monoisotopic (exact) mass is 429 g/mol. The molecule has 4 aromatic rings. The van der Waals surface area contributed by atoms with Gasteiger partial charge < -0.3 is 19.4 Å². The Labute approximate surface area is 185 Å². The van der Waals surface area contributed by atoms with Crippen LogP contribution in [0.25, 0.3) is 22.1 Å². The molecule has 1 fully saturated rings. The number of rotatable bonds is 5. The molecule has 32 heavy (non-hydrogen) atoms. The van der Waals surface area contributed by atoms with E-state index < -0.39 is 0 Å². The van der Waals surface area contributed by atoms with Crippen LogP contribution in [-0.4, -0.2) is 52.0 Å². The highest BCUT2D eigenvalue weighted by Crippen LogP contribution is 2.25. The van der Waals surface area contributed by atoms with Gasteiger partial charge in [-0.1, -0.05) is 12.1 Å². The van der Waals surface area contributed by atoms with Gasteiger partial charge in [-0.25, -0.2) is 15.0 Å². The molecule has 8 heteroatoms. The molecule has 0 spiro atoms. The predicted molar refractivity (Wildman–Crippen MR) is 121 cm³/mol. The number of pyridine rings is 2. The fourth-order valence-corrected chi connectivity index (χ4v) is 3.80. The molecule has 0 atom stereocenters. The van der Waals surface area contributed by atoms with Crippen molar-refractivity contribution in [2.75, 3.05) is 25.5 Å². The Hall–Kier alpha value is -3.78. The third-order valence-electron chi connectivity index (χ3n) is 5.63. The molecule has 162 valence electrons. The summed E-state index contributed by atoms with van der Waals surface area (Å²) in [7, 11) is 2.11. The lowest BCUT2D eigenvalue weighted by atomic mass is 10.1. The van der Waals surface area contributed by atoms with E-state index in [1.807, 2.05) is 24.3 Å². The molecule has 0 bridgehead atoms. The second-order valence-electron chi connectivity index (χ2n) is 7.95. The first-order chi connectivity index (χ1) is 15.6. The Morgan fingerprint density at radius 2 is 1.97 bits per heavy atom. The number of hydrogen-bond donors (Lipinski definition) is 1. The lowest BCUT2D eigenvalue weighted by Gasteiger charge is -2.28. The number of hydrogen-bond acceptors (Lipinski definition) is 7. The van der Waals surface area contributed by atoms with Crippen LogP contribution >= 0.6 is 0 Å². The molecular formula is C24H23N5O3. The number of fused-ring (bicyclic) bond motifs is 1. The minimum atomic E-state index is -0.265. The van der Waals surface area contributed by atoms with Gasteiger partial charge in [0.25, 0.3) is 5.91 Å². The summed E-state index contributed by atoms with van der Waals surface area (Å²) in [5, 5.41) is 4.76. The van der Waals surface area contributed by atoms with Crippen molar-refractivity contribution < 1.29 is 13.9 Å². The molecule has 1 aliphatic rings. The smallest absolute Gasteiger partial charge is 0.257 e. The van der Waals surface area contributed by atoms with Crippen molar-refractivity contribution >= 4 is 22.5 Å². The van der Waals surface area contributed by atoms with Crippen LogP contribution in [0.1, 0.15) is 23.2 Å². The molecule has 1 amide bonds. The first-order valence-corrected chi connectivity index (χ1v) is 10.6. The minimum Gasteiger partial charge on any atom is -0.474 e. The number of benzene rings is 1. The van der Waals surface area contributed by atoms with Gasteiger partial charge in [0, 0.05) is 48.1 Å². The normalized spacial score (nSPS) is 15.0. The van der Waals surface area contributed by atoms with Gasteiger partial charge in [0.15, 0.2) is 12.2 Å². The van der Waals surface area contributed by atoms with Crippen LogP contribution in [0.2, 0.25) is 0 Å². The van der Waals surface area contributed by atoms with E-state index in [9.17, 15) is 4.79 Å². The molecule has 1 aliphatic heterocycles. The highest BCUT2D eigenvalue weighted by molar-refractivity contribution is 6.04. The average molecular weight is 429 g/mol. The van der Waals surface area contributed by atoms with E-state index in [1.165, 1.54) is 6.39 Å². The molecule has 1 N–H and O–H groups in total. The van der Waals surface area contributed by atoms with Crippen LogP contribution in [0, 0.1) is 0 Å². The molecule has 0 aliphatic carbocycles. The Kier molecular flexibility index (Phi) is 5.51. The number of nitrogens with zero attached hydrogens (tertiary/aromatic N) is 4. The van der Waals surface area contributed by atoms with Gasteiger partial charge in [-0.3, -0.25) is 4.79 Å². The fraction of sp³-hybridized carbons (Fsp3) is 0.250. The van der Waals surface area contributed by atoms with Crippen LogP contribution in [0.3, 0.4) is 0 Å². The van der Waals surface area contributed by atoms with Crippen molar-refractivity contribution in [2.24, 2.45) is 0 Å². The summed E-state index contributed by atoms with van der Waals surface area (Å²) in [5.41, 5.74) is 1.38. The van der Waals surface area contributed by atoms with Gasteiger partial charge in [0.05, 0.1) is 6.20 Å². The summed E-state index contributed by atoms with van der Waals surface area (Å²) in [4.78, 5) is 27.7. The number of aromatic nitrogens is 3. The standard InChI is InChI=1S/C24H23N5O3/c1-29-8-5-20(6-9-29)32-23-12-17(4-7-26-23)24(30)28-22-11-19-10-16(21-14-25-15-31-21)2-3-18(19)13-27-22/h2-4,7,10-15,20H,5-6,8-9H2,1H3,(H,27,28,30). The Bertz CT molecular complexity index is 1230. The third kappa shape index (κ3) is 4.45. The zero-order valence-corrected chi connectivity index (χ0v) is 17.7. The van der Waals surface area contributed by atoms with Crippen molar-refractivity contribution in [2.45, 2.75) is 18.9 Å². The van der Waals surface area contributed by atoms with Crippen LogP contribution in [-0.2, 0) is 0 Å². The van der Waals surface area contributed by atoms with E-state index in [4.69, 9.17) is 9.15 Å². The second-order valence-corrected chi connectivity index (χ2v) is 7.95. The highest BCUT2D eigenvalue weighted by Gasteiger charge is 2.19. The number of piperidine rings is 1. The van der Waals surface area contributed by atoms with Crippen LogP contribution in [0.5, 0.6) is 5.88 Å². The number of likely N-dealkylation sites (tertiary alicyclic amines) is 1. The van der Waals surface area contributed by atoms with Crippen LogP contribution < -0.4 is 10.1 Å². The predicted octanol–water partition coefficient (Wildman–Crippen LogP) is 4.01. The Morgan fingerprint density at radius 1 is 1.09 bits per heavy atom. The molecule has 5 rings (SSSR count). The maximum absolute atomic E-state index is 12.8. The van der Waals surface area contributed by atoms with E-state index >= 15 is 0 Å². The van der Waals surface area contributed by atoms with Gasteiger partial charge >= 0.3 is 0 Å². The lowest BCUT2D eigenvalue weighted by Crippen LogP contribution is -2.35. The highest BCUT2D eigenvalue weighted by atomic mass is 16.5. The SMILES string of the molecule is CN1CCC(Oc2cc(C(=O)Nc3cc4cc(-c5cnco5)ccc4cn3)ccn2)CC1. The number of nitrogens with one attached hydrogen (secondary N) is 1. The van der Waals surface area contributed by atoms with Crippen molar-refractivity contribution in [1.82, 2.24) is 19.9 Å². The van der Waals surface area contributed by atoms with E-state index in [1.54, 1.807) is 30.7 Å². The molecule has 0 unspecified atom stereocenters. The van der Waals surface area contributed by atoms with Crippen LogP contribution in [0.4, 0.5) is 5.82 Å². The second kappa shape index (κ2) is 8.76. The number of carbonyl (C=O) groups is 1. The molecule has 1 aromatic carbocycles. The number of anilines is 1. The number of oxazole rings is 1. The summed E-state index contributed by atoms with van der Waals surface area (Å²) in [5.74, 6) is 1.35. The Morgan fingerprint density at radius 3 is 2.78 bits per heavy atom. The van der Waals surface area contributed by atoms with Crippen molar-refractivity contribution in [1.29, 1.82) is 0 Å². The largest absolute Gasteiger partial charge is 0.474 e. The lowest BCUT2D eigenvalue weighted by molar-refractivity contribution is 0.101. The first kappa shape index (κ1) is 20.1. The zero-order valence-electron chi connectivity index (χ0n) is 17.7. The van der Waals surface area contributed by atoms with E-state index in [0.717, 1.165) is 42.3 Å². The van der Waals surface area contributed by atoms with Gasteiger partial charge in [0.2, 0.25) is 5.88 Å². The van der Waals surface area contributed by atoms with E-state index in [-0.39, 0.29) is 12.0 Å². The molecule has 0 radical (unpaired) electrons. The van der Waals surface area contributed by atoms with Crippen molar-refractivity contribution in [3.8, 4) is 17.2 Å². The van der Waals surface area contributed by atoms with E-state index in [2.05, 4.69) is 32.2 Å². The summed E-state index contributed by atoms with van der Waals surface area (Å²) < 4.78 is 11.4. The van der Waals surface area contributed by atoms with Gasteiger partial charge in [-0.05, 0) is 43.5 Å². The summed E-state index contributed by atoms with van der Waals surface area (Å²) in [6, 6.07) is 11.1. The van der Waals surface area contributed by atoms with Gasteiger partial charge in [-0.2, -0.15) is 0 Å². The number of amides is 1. The minimum absolute atomic E-state index is 0.123. The Balaban J connectivity index is 1.31. The van der Waals surface area contributed by atoms with Gasteiger partial charge in [-0.15, -0.1) is 0 Å². The van der Waals surface area contributed by atoms with Crippen LogP contribution in [0.15, 0.2) is 65.8 Å². The molecular weight excluding hydrogens is 406 g/mol. The number of carbonyl (C=O) groups excluding carboxylic acids is 1. The summed E-state index contributed by atoms with van der Waals surface area (Å²) in [6.45, 7) is 1.99. The summed E-state index contributed by atoms with van der Waals surface area (Å²) >= 11 is 0. The maximum Gasteiger partial charge on any atom is 0.257 e. The topological polar surface area (TPSA) is 93.4 Å². The number of ether oxygens (including phenoxy) is 1. The van der Waals surface area contributed by atoms with Crippen molar-refractivity contribution in [3.05, 3.63) is 66.9 Å². The maximum atomic E-state index is 12.8. The average Bonchev–Trinajstić information content (AvgIpc) is 3.35. The third-order valence-corrected chi connectivity index (χ3v) is 5.63. The molecule has 3 aromatic heterocycles. The zero-order chi connectivity index (χ0) is 21.9. The summed E-state index contributed by atoms with van der Waals surface area (Å²) in [6.07, 6.45) is 8.42. The molecule has 4 heterocycles. The van der Waals surface area contributed by atoms with Gasteiger partial charge in [0.1, 0.15) is 11.9 Å². The fourth-order valence-electron chi connectivity index (χ4n) is 3.80. The first-order valence-electron chi connectivity index (χ1n) is 10.6. The van der Waals surface area contributed by atoms with Crippen molar-refractivity contribution in [3.63, 3.8) is 0 Å². The molecule has 1 saturated heterocycles. The molecule has 0 saturated carbocycles.